The summed E-state index contributed by atoms with van der Waals surface area (Å²) in [4.78, 5) is 13.3. The zero-order valence-electron chi connectivity index (χ0n) is 16.6. The first-order valence-electron chi connectivity index (χ1n) is 9.45. The van der Waals surface area contributed by atoms with Gasteiger partial charge in [-0.3, -0.25) is 4.79 Å². The van der Waals surface area contributed by atoms with Crippen LogP contribution in [0.25, 0.3) is 22.3 Å². The summed E-state index contributed by atoms with van der Waals surface area (Å²) in [5.41, 5.74) is 5.35. The largest absolute Gasteiger partial charge is 0.481 e. The van der Waals surface area contributed by atoms with Crippen molar-refractivity contribution >= 4 is 22.6 Å². The van der Waals surface area contributed by atoms with Crippen molar-refractivity contribution in [2.75, 3.05) is 0 Å². The van der Waals surface area contributed by atoms with Crippen LogP contribution < -0.4 is 10.2 Å². The average Bonchev–Trinajstić information content (AvgIpc) is 2.70. The summed E-state index contributed by atoms with van der Waals surface area (Å²) < 4.78 is 12.2. The van der Waals surface area contributed by atoms with Crippen molar-refractivity contribution in [3.63, 3.8) is 0 Å². The average molecular weight is 405 g/mol. The Bertz CT molecular complexity index is 1250. The maximum atomic E-state index is 13.3. The van der Waals surface area contributed by atoms with Gasteiger partial charge in [0.1, 0.15) is 12.2 Å². The summed E-state index contributed by atoms with van der Waals surface area (Å²) in [5.74, 6) is 0.627. The van der Waals surface area contributed by atoms with Gasteiger partial charge in [0, 0.05) is 10.6 Å². The van der Waals surface area contributed by atoms with Crippen LogP contribution in [0.4, 0.5) is 0 Å². The molecular formula is C25H21ClO3. The van der Waals surface area contributed by atoms with E-state index in [2.05, 4.69) is 0 Å². The molecule has 1 heterocycles. The second-order valence-electron chi connectivity index (χ2n) is 7.24. The molecular weight excluding hydrogens is 384 g/mol. The number of hydrogen-bond donors (Lipinski definition) is 0. The van der Waals surface area contributed by atoms with Crippen LogP contribution in [-0.2, 0) is 6.61 Å². The van der Waals surface area contributed by atoms with Crippen LogP contribution in [0.2, 0.25) is 5.02 Å². The normalized spacial score (nSPS) is 11.0. The van der Waals surface area contributed by atoms with Crippen LogP contribution in [0, 0.1) is 20.8 Å². The molecule has 4 heteroatoms. The Morgan fingerprint density at radius 1 is 0.897 bits per heavy atom. The van der Waals surface area contributed by atoms with Crippen LogP contribution in [0.5, 0.6) is 5.75 Å². The lowest BCUT2D eigenvalue weighted by atomic mass is 10.0. The van der Waals surface area contributed by atoms with Gasteiger partial charge in [-0.05, 0) is 79.4 Å². The van der Waals surface area contributed by atoms with Crippen molar-refractivity contribution in [2.24, 2.45) is 0 Å². The first kappa shape index (κ1) is 19.3. The predicted molar refractivity (Wildman–Crippen MR) is 118 cm³/mol. The lowest BCUT2D eigenvalue weighted by Crippen LogP contribution is -2.11. The number of fused-ring (bicyclic) bond motifs is 1. The number of halogens is 1. The highest BCUT2D eigenvalue weighted by Crippen LogP contribution is 2.33. The molecule has 0 atom stereocenters. The van der Waals surface area contributed by atoms with Crippen molar-refractivity contribution in [2.45, 2.75) is 27.4 Å². The van der Waals surface area contributed by atoms with Gasteiger partial charge in [-0.25, -0.2) is 0 Å². The summed E-state index contributed by atoms with van der Waals surface area (Å²) >= 11 is 6.04. The van der Waals surface area contributed by atoms with E-state index in [1.54, 1.807) is 12.1 Å². The highest BCUT2D eigenvalue weighted by Gasteiger charge is 2.19. The van der Waals surface area contributed by atoms with E-state index < -0.39 is 0 Å². The molecule has 146 valence electrons. The first-order valence-corrected chi connectivity index (χ1v) is 9.83. The molecule has 0 saturated heterocycles. The standard InChI is InChI=1S/C25H21ClO3/c1-15-6-4-5-7-19(15)14-28-25-23(27)21-12-16(2)17(3)13-22(21)29-24(25)18-8-10-20(26)11-9-18/h4-13H,14H2,1-3H3. The number of ether oxygens (including phenoxy) is 1. The Balaban J connectivity index is 1.89. The lowest BCUT2D eigenvalue weighted by molar-refractivity contribution is 0.297. The van der Waals surface area contributed by atoms with E-state index in [0.717, 1.165) is 27.8 Å². The van der Waals surface area contributed by atoms with Crippen LogP contribution in [0.1, 0.15) is 22.3 Å². The predicted octanol–water partition coefficient (Wildman–Crippen LogP) is 6.62. The topological polar surface area (TPSA) is 39.4 Å². The smallest absolute Gasteiger partial charge is 0.235 e. The van der Waals surface area contributed by atoms with Crippen LogP contribution in [0.15, 0.2) is 69.9 Å². The summed E-state index contributed by atoms with van der Waals surface area (Å²) in [5, 5.41) is 1.14. The molecule has 0 aliphatic carbocycles. The molecule has 0 spiro atoms. The summed E-state index contributed by atoms with van der Waals surface area (Å²) in [6, 6.07) is 18.9. The zero-order chi connectivity index (χ0) is 20.5. The molecule has 3 nitrogen and oxygen atoms in total. The van der Waals surface area contributed by atoms with Gasteiger partial charge in [0.2, 0.25) is 11.2 Å². The van der Waals surface area contributed by atoms with Gasteiger partial charge in [-0.1, -0.05) is 35.9 Å². The van der Waals surface area contributed by atoms with Gasteiger partial charge < -0.3 is 9.15 Å². The first-order chi connectivity index (χ1) is 13.9. The van der Waals surface area contributed by atoms with Gasteiger partial charge in [0.15, 0.2) is 5.76 Å². The molecule has 0 saturated carbocycles. The van der Waals surface area contributed by atoms with E-state index >= 15 is 0 Å². The molecule has 0 amide bonds. The van der Waals surface area contributed by atoms with Gasteiger partial charge in [0.05, 0.1) is 5.39 Å². The third-order valence-corrected chi connectivity index (χ3v) is 5.46. The van der Waals surface area contributed by atoms with E-state index in [1.165, 1.54) is 0 Å². The summed E-state index contributed by atoms with van der Waals surface area (Å²) in [6.07, 6.45) is 0. The van der Waals surface area contributed by atoms with Crippen LogP contribution >= 0.6 is 11.6 Å². The molecule has 3 aromatic carbocycles. The van der Waals surface area contributed by atoms with E-state index in [0.29, 0.717) is 21.8 Å². The monoisotopic (exact) mass is 404 g/mol. The molecule has 0 bridgehead atoms. The molecule has 1 aromatic heterocycles. The minimum Gasteiger partial charge on any atom is -0.481 e. The highest BCUT2D eigenvalue weighted by molar-refractivity contribution is 6.30. The van der Waals surface area contributed by atoms with E-state index in [4.69, 9.17) is 20.8 Å². The zero-order valence-corrected chi connectivity index (χ0v) is 17.3. The molecule has 0 radical (unpaired) electrons. The molecule has 29 heavy (non-hydrogen) atoms. The molecule has 0 unspecified atom stereocenters. The van der Waals surface area contributed by atoms with Crippen molar-refractivity contribution in [3.05, 3.63) is 98.2 Å². The Hall–Kier alpha value is -3.04. The number of aryl methyl sites for hydroxylation is 3. The number of rotatable bonds is 4. The summed E-state index contributed by atoms with van der Waals surface area (Å²) in [7, 11) is 0. The van der Waals surface area contributed by atoms with Crippen molar-refractivity contribution < 1.29 is 9.15 Å². The van der Waals surface area contributed by atoms with E-state index in [1.807, 2.05) is 69.3 Å². The number of benzene rings is 3. The minimum atomic E-state index is -0.173. The third kappa shape index (κ3) is 3.79. The number of hydrogen-bond acceptors (Lipinski definition) is 3. The minimum absolute atomic E-state index is 0.173. The molecule has 0 fully saturated rings. The van der Waals surface area contributed by atoms with E-state index in [-0.39, 0.29) is 17.8 Å². The fourth-order valence-electron chi connectivity index (χ4n) is 3.28. The maximum Gasteiger partial charge on any atom is 0.235 e. The fourth-order valence-corrected chi connectivity index (χ4v) is 3.40. The SMILES string of the molecule is Cc1cc2oc(-c3ccc(Cl)cc3)c(OCc3ccccc3C)c(=O)c2cc1C. The maximum absolute atomic E-state index is 13.3. The van der Waals surface area contributed by atoms with Gasteiger partial charge >= 0.3 is 0 Å². The third-order valence-electron chi connectivity index (χ3n) is 5.20. The Kier molecular flexibility index (Phi) is 5.16. The molecule has 4 aromatic rings. The van der Waals surface area contributed by atoms with Gasteiger partial charge in [0.25, 0.3) is 0 Å². The van der Waals surface area contributed by atoms with E-state index in [9.17, 15) is 4.79 Å². The fraction of sp³-hybridized carbons (Fsp3) is 0.160. The van der Waals surface area contributed by atoms with Gasteiger partial charge in [-0.15, -0.1) is 0 Å². The van der Waals surface area contributed by atoms with Crippen LogP contribution in [0.3, 0.4) is 0 Å². The van der Waals surface area contributed by atoms with Crippen LogP contribution in [-0.4, -0.2) is 0 Å². The second-order valence-corrected chi connectivity index (χ2v) is 7.68. The summed E-state index contributed by atoms with van der Waals surface area (Å²) in [6.45, 7) is 6.29. The highest BCUT2D eigenvalue weighted by atomic mass is 35.5. The molecule has 0 N–H and O–H groups in total. The van der Waals surface area contributed by atoms with Crippen molar-refractivity contribution in [1.29, 1.82) is 0 Å². The molecule has 4 rings (SSSR count). The lowest BCUT2D eigenvalue weighted by Gasteiger charge is -2.13. The Morgan fingerprint density at radius 3 is 2.31 bits per heavy atom. The van der Waals surface area contributed by atoms with Gasteiger partial charge in [-0.2, -0.15) is 0 Å². The Morgan fingerprint density at radius 2 is 1.59 bits per heavy atom. The molecule has 0 aliphatic rings. The second kappa shape index (κ2) is 7.76. The molecule has 0 aliphatic heterocycles. The van der Waals surface area contributed by atoms with Crippen molar-refractivity contribution in [3.8, 4) is 17.1 Å². The Labute approximate surface area is 174 Å². The quantitative estimate of drug-likeness (QED) is 0.383. The van der Waals surface area contributed by atoms with Crippen molar-refractivity contribution in [1.82, 2.24) is 0 Å².